The molecule has 16 atom stereocenters. The molecule has 1 saturated heterocycles. The van der Waals surface area contributed by atoms with Crippen LogP contribution in [0.5, 0.6) is 0 Å². The molecule has 1 aromatic carbocycles. The summed E-state index contributed by atoms with van der Waals surface area (Å²) in [7, 11) is 0.889. The number of nitrogens with one attached hydrogen (secondary N) is 13. The molecule has 0 spiro atoms. The van der Waals surface area contributed by atoms with Gasteiger partial charge in [0.25, 0.3) is 0 Å². The van der Waals surface area contributed by atoms with Crippen molar-refractivity contribution in [1.82, 2.24) is 73.7 Å². The molecule has 0 bridgehead atoms. The number of aromatic nitrogens is 1. The summed E-state index contributed by atoms with van der Waals surface area (Å²) in [6, 6.07) is -16.1. The first-order chi connectivity index (χ1) is 54.5. The number of carbonyl (C=O) groups excluding carboxylic acids is 16. The number of carbonyl (C=O) groups is 20. The Morgan fingerprint density at radius 2 is 1.18 bits per heavy atom. The minimum Gasteiger partial charge on any atom is -0.481 e. The van der Waals surface area contributed by atoms with Gasteiger partial charge in [-0.05, 0) is 82.4 Å². The van der Waals surface area contributed by atoms with Gasteiger partial charge >= 0.3 is 29.8 Å². The molecule has 44 heteroatoms. The van der Waals surface area contributed by atoms with Crippen molar-refractivity contribution in [3.63, 3.8) is 0 Å². The molecule has 2 aromatic rings. The summed E-state index contributed by atoms with van der Waals surface area (Å²) >= 11 is 0. The van der Waals surface area contributed by atoms with E-state index in [0.29, 0.717) is 40.1 Å². The predicted octanol–water partition coefficient (Wildman–Crippen LogP) is -6.48. The predicted molar refractivity (Wildman–Crippen MR) is 403 cm³/mol. The van der Waals surface area contributed by atoms with Gasteiger partial charge in [-0.1, -0.05) is 84.4 Å². The van der Waals surface area contributed by atoms with Gasteiger partial charge in [0, 0.05) is 49.8 Å². The van der Waals surface area contributed by atoms with Gasteiger partial charge in [0.15, 0.2) is 12.2 Å². The van der Waals surface area contributed by atoms with E-state index in [-0.39, 0.29) is 38.6 Å². The van der Waals surface area contributed by atoms with Crippen molar-refractivity contribution in [2.24, 2.45) is 29.0 Å². The molecule has 1 aliphatic rings. The Labute approximate surface area is 665 Å². The molecule has 3 rings (SSSR count). The number of aromatic amines is 1. The number of carboxylic acids is 4. The van der Waals surface area contributed by atoms with Crippen molar-refractivity contribution < 1.29 is 131 Å². The molecule has 1 fully saturated rings. The molecular formula is C72H109N17O27. The van der Waals surface area contributed by atoms with Crippen molar-refractivity contribution in [2.75, 3.05) is 26.7 Å². The quantitative estimate of drug-likeness (QED) is 0.0221. The Morgan fingerprint density at radius 3 is 1.77 bits per heavy atom. The minimum atomic E-state index is -2.84. The molecule has 1 aromatic heterocycles. The summed E-state index contributed by atoms with van der Waals surface area (Å²) in [4.78, 5) is 276. The highest BCUT2D eigenvalue weighted by Crippen LogP contribution is 2.22. The fourth-order valence-corrected chi connectivity index (χ4v) is 11.7. The fraction of sp³-hybridized carbons (Fsp3) is 0.611. The molecule has 0 saturated carbocycles. The first-order valence-corrected chi connectivity index (χ1v) is 37.7. The number of primary amides is 2. The van der Waals surface area contributed by atoms with Crippen LogP contribution in [0.2, 0.25) is 0 Å². The van der Waals surface area contributed by atoms with E-state index in [0.717, 1.165) is 46.6 Å². The zero-order valence-corrected chi connectivity index (χ0v) is 65.4. The zero-order valence-electron chi connectivity index (χ0n) is 65.4. The van der Waals surface area contributed by atoms with Gasteiger partial charge < -0.3 is 126 Å². The smallest absolute Gasteiger partial charge is 0.335 e. The first-order valence-electron chi connectivity index (χ1n) is 37.7. The van der Waals surface area contributed by atoms with Gasteiger partial charge in [-0.25, -0.2) is 9.59 Å². The van der Waals surface area contributed by atoms with E-state index in [1.165, 1.54) is 13.8 Å². The number of cyclic esters (lactones) is 1. The number of aliphatic hydroxyl groups excluding tert-OH is 2. The van der Waals surface area contributed by atoms with Gasteiger partial charge in [0.05, 0.1) is 25.9 Å². The van der Waals surface area contributed by atoms with E-state index < -0.39 is 267 Å². The molecular weight excluding hydrogens is 1530 g/mol. The van der Waals surface area contributed by atoms with Crippen LogP contribution in [0.15, 0.2) is 30.5 Å². The Bertz CT molecular complexity index is 3860. The lowest BCUT2D eigenvalue weighted by atomic mass is 9.98. The molecule has 0 radical (unpaired) electrons. The first kappa shape index (κ1) is 98.2. The van der Waals surface area contributed by atoms with E-state index in [9.17, 15) is 127 Å². The lowest BCUT2D eigenvalue weighted by molar-refractivity contribution is -0.159. The number of hydrogen-bond acceptors (Lipinski definition) is 24. The normalized spacial score (nSPS) is 22.1. The second-order valence-electron chi connectivity index (χ2n) is 28.2. The van der Waals surface area contributed by atoms with E-state index in [2.05, 4.69) is 61.4 Å². The van der Waals surface area contributed by atoms with Crippen LogP contribution in [0, 0.1) is 11.8 Å². The van der Waals surface area contributed by atoms with E-state index in [1.807, 2.05) is 21.3 Å². The zero-order chi connectivity index (χ0) is 87.4. The molecule has 644 valence electrons. The number of benzene rings is 1. The molecule has 15 amide bonds. The van der Waals surface area contributed by atoms with Crippen LogP contribution in [-0.4, -0.2) is 270 Å². The minimum absolute atomic E-state index is 0.0127. The van der Waals surface area contributed by atoms with Gasteiger partial charge in [0.1, 0.15) is 72.6 Å². The lowest BCUT2D eigenvalue weighted by Crippen LogP contribution is -2.64. The Hall–Kier alpha value is -12.0. The Balaban J connectivity index is 2.27. The fourth-order valence-electron chi connectivity index (χ4n) is 11.7. The van der Waals surface area contributed by atoms with Crippen LogP contribution >= 0.6 is 0 Å². The molecule has 1 aliphatic heterocycles. The third kappa shape index (κ3) is 33.2. The number of aliphatic carboxylic acids is 4. The lowest BCUT2D eigenvalue weighted by Gasteiger charge is -2.32. The monoisotopic (exact) mass is 1640 g/mol. The summed E-state index contributed by atoms with van der Waals surface area (Å²) < 4.78 is 5.74. The summed E-state index contributed by atoms with van der Waals surface area (Å²) in [6.45, 7) is 6.54. The van der Waals surface area contributed by atoms with Gasteiger partial charge in [-0.15, -0.1) is 0 Å². The van der Waals surface area contributed by atoms with Crippen LogP contribution < -0.4 is 81.0 Å². The molecule has 0 aliphatic carbocycles. The number of unbranched alkanes of at least 4 members (excludes halogenated alkanes) is 4. The summed E-state index contributed by atoms with van der Waals surface area (Å²) in [5, 5.41) is 87.9. The second kappa shape index (κ2) is 49.0. The van der Waals surface area contributed by atoms with Gasteiger partial charge in [0.2, 0.25) is 88.6 Å². The van der Waals surface area contributed by atoms with Crippen LogP contribution in [0.3, 0.4) is 0 Å². The highest BCUT2D eigenvalue weighted by atomic mass is 16.5. The van der Waals surface area contributed by atoms with Gasteiger partial charge in [-0.2, -0.15) is 0 Å². The average molecular weight is 1640 g/mol. The van der Waals surface area contributed by atoms with Crippen molar-refractivity contribution in [1.29, 1.82) is 0 Å². The van der Waals surface area contributed by atoms with Crippen LogP contribution in [0.25, 0.3) is 10.9 Å². The summed E-state index contributed by atoms with van der Waals surface area (Å²) in [5.41, 5.74) is 17.7. The number of likely N-dealkylation sites (N-methyl/N-ethyl adjacent to an activating group) is 1. The molecule has 44 nitrogen and oxygen atoms in total. The average Bonchev–Trinajstić information content (AvgIpc) is 1.58. The van der Waals surface area contributed by atoms with E-state index >= 15 is 0 Å². The maximum absolute atomic E-state index is 15.0. The summed E-state index contributed by atoms with van der Waals surface area (Å²) in [6.07, 6.45) is -7.67. The van der Waals surface area contributed by atoms with E-state index in [4.69, 9.17) is 21.9 Å². The number of para-hydroxylation sites is 1. The number of nitrogens with two attached hydrogens (primary N) is 3. The number of ether oxygens (including phenoxy) is 1. The number of amides is 15. The van der Waals surface area contributed by atoms with Crippen molar-refractivity contribution >= 4 is 129 Å². The SMILES string of the molecule is CCC(C)CCCCCCC(=O)N[C@@H](Cc1c[nH]c2ccccc12)C(=O)N[C@H](CCC(=O)O)C(=O)N[C@H](C(=O)N[C@@H]1C(=O)N(C)CC(=O)N[C@@H](C)C(=O)N[C@@H](CC(=O)O)C(=O)N[C@H](CCCCN)C(=O)N[C@@H](C(O)C(=O)O)C(=O)NCC(=O)N[C@H](CC(N)=O)C(=O)N[C@@H](CCC(=O)O)C(=O)N[C@@H]([C@@H](C)CC)C(=O)O[C@@H]1C)C(O)C(N)=O. The number of aliphatic hydroxyl groups is 2. The van der Waals surface area contributed by atoms with Crippen LogP contribution in [0.4, 0.5) is 0 Å². The summed E-state index contributed by atoms with van der Waals surface area (Å²) in [5.74, 6) is -29.8. The Morgan fingerprint density at radius 1 is 0.595 bits per heavy atom. The topological polar surface area (TPSA) is 713 Å². The Kier molecular flexibility index (Phi) is 41.5. The second-order valence-corrected chi connectivity index (χ2v) is 28.2. The van der Waals surface area contributed by atoms with Crippen molar-refractivity contribution in [2.45, 2.75) is 242 Å². The van der Waals surface area contributed by atoms with E-state index in [1.54, 1.807) is 30.5 Å². The highest BCUT2D eigenvalue weighted by molar-refractivity contribution is 6.02. The standard InChI is InChI=1S/C72H109N17O27/c1-8-34(3)18-12-10-11-13-22-48(91)79-44(28-38-31-76-40-20-15-14-19-39(38)40)65(107)82-43(24-26-52(96)97)64(106)87-56(58(100)60(75)102)69(111)86-55-37(6)116-72(115)54(35(4)9-2)85-63(105)42(23-25-51(94)95)83-66(108)45(29-47(74)90)80-49(92)32-77-68(110)57(59(101)71(113)114)88-62(104)41(21-16-17-27-73)81-67(109)46(30-53(98)99)84-61(103)36(5)78-50(93)33-89(7)70(55)112/h14-15,19-20,31,34-37,41-46,54-59,76,100-101H,8-13,16-18,21-30,32-33,73H2,1-7H3,(H2,74,90)(H2,75,102)(H,77,110)(H,78,93)(H,79,91)(H,80,92)(H,81,109)(H,82,107)(H,83,108)(H,84,103)(H,85,105)(H,86,111)(H,87,106)(H,88,104)(H,94,95)(H,96,97)(H,98,99)(H,113,114)/t34?,35-,36-,37+,41+,42-,43+,44-,45+,46-,54-,55-,56-,57-,58?,59?/m0/s1. The number of H-pyrrole nitrogens is 1. The number of hydrogen-bond donors (Lipinski definition) is 22. The molecule has 116 heavy (non-hydrogen) atoms. The largest absolute Gasteiger partial charge is 0.481 e. The number of nitrogens with zero attached hydrogens (tertiary/aromatic N) is 1. The highest BCUT2D eigenvalue weighted by Gasteiger charge is 2.43. The number of esters is 1. The maximum Gasteiger partial charge on any atom is 0.335 e. The van der Waals surface area contributed by atoms with Crippen molar-refractivity contribution in [3.8, 4) is 0 Å². The number of carboxylic acid groups (broad SMARTS) is 4. The third-order valence-electron chi connectivity index (χ3n) is 18.9. The molecule has 25 N–H and O–H groups in total. The van der Waals surface area contributed by atoms with Crippen LogP contribution in [-0.2, 0) is 107 Å². The van der Waals surface area contributed by atoms with Gasteiger partial charge in [-0.3, -0.25) is 86.3 Å². The van der Waals surface area contributed by atoms with Crippen molar-refractivity contribution in [3.05, 3.63) is 36.0 Å². The van der Waals surface area contributed by atoms with Crippen LogP contribution in [0.1, 0.15) is 156 Å². The molecule has 2 heterocycles. The maximum atomic E-state index is 15.0. The number of fused-ring (bicyclic) bond motifs is 1. The molecule has 3 unspecified atom stereocenters. The number of rotatable bonds is 37. The third-order valence-corrected chi connectivity index (χ3v) is 18.9.